The Labute approximate surface area is 182 Å². The van der Waals surface area contributed by atoms with Crippen LogP contribution in [-0.2, 0) is 4.74 Å². The number of carbonyl (C=O) groups is 2. The molecule has 0 aromatic heterocycles. The lowest BCUT2D eigenvalue weighted by Crippen LogP contribution is -2.41. The van der Waals surface area contributed by atoms with Crippen LogP contribution >= 0.6 is 0 Å². The first-order valence-corrected chi connectivity index (χ1v) is 10.1. The fourth-order valence-corrected chi connectivity index (χ4v) is 2.56. The second-order valence-electron chi connectivity index (χ2n) is 7.17. The van der Waals surface area contributed by atoms with Crippen LogP contribution in [0.2, 0.25) is 0 Å². The van der Waals surface area contributed by atoms with Crippen molar-refractivity contribution in [3.63, 3.8) is 0 Å². The van der Waals surface area contributed by atoms with Gasteiger partial charge in [0, 0.05) is 18.2 Å². The third kappa shape index (κ3) is 7.82. The van der Waals surface area contributed by atoms with E-state index in [9.17, 15) is 9.59 Å². The van der Waals surface area contributed by atoms with Gasteiger partial charge in [-0.25, -0.2) is 0 Å². The van der Waals surface area contributed by atoms with E-state index in [1.165, 1.54) is 7.11 Å². The Hall–Kier alpha value is -3.26. The standard InChI is InChI=1S/C23H30N2O6/c1-16(2)10-11-31-20-9-8-18(15-21(20)29-4)23(27)25-24-22(26)17-6-5-7-19(14-17)30-13-12-28-3/h5-9,14-16H,10-13H2,1-4H3,(H,24,26)(H,25,27). The van der Waals surface area contributed by atoms with Crippen LogP contribution in [0.5, 0.6) is 17.2 Å². The minimum atomic E-state index is -0.479. The summed E-state index contributed by atoms with van der Waals surface area (Å²) in [6.45, 7) is 5.61. The van der Waals surface area contributed by atoms with Gasteiger partial charge < -0.3 is 18.9 Å². The number of hydrogen-bond acceptors (Lipinski definition) is 6. The van der Waals surface area contributed by atoms with E-state index >= 15 is 0 Å². The maximum absolute atomic E-state index is 12.4. The van der Waals surface area contributed by atoms with E-state index in [2.05, 4.69) is 24.7 Å². The Bertz CT molecular complexity index is 869. The highest BCUT2D eigenvalue weighted by Crippen LogP contribution is 2.28. The number of hydrogen-bond donors (Lipinski definition) is 2. The van der Waals surface area contributed by atoms with Crippen LogP contribution in [0.1, 0.15) is 41.0 Å². The maximum atomic E-state index is 12.4. The summed E-state index contributed by atoms with van der Waals surface area (Å²) in [5, 5.41) is 0. The zero-order valence-corrected chi connectivity index (χ0v) is 18.4. The van der Waals surface area contributed by atoms with E-state index in [0.29, 0.717) is 54.1 Å². The Kier molecular flexibility index (Phi) is 9.64. The molecule has 0 fully saturated rings. The lowest BCUT2D eigenvalue weighted by atomic mass is 10.1. The van der Waals surface area contributed by atoms with E-state index in [-0.39, 0.29) is 0 Å². The minimum Gasteiger partial charge on any atom is -0.493 e. The summed E-state index contributed by atoms with van der Waals surface area (Å²) in [4.78, 5) is 24.8. The Morgan fingerprint density at radius 2 is 1.55 bits per heavy atom. The molecule has 0 spiro atoms. The van der Waals surface area contributed by atoms with Crippen LogP contribution in [0.3, 0.4) is 0 Å². The van der Waals surface area contributed by atoms with Crippen molar-refractivity contribution in [1.29, 1.82) is 0 Å². The lowest BCUT2D eigenvalue weighted by molar-refractivity contribution is 0.0846. The van der Waals surface area contributed by atoms with E-state index < -0.39 is 11.8 Å². The first-order valence-electron chi connectivity index (χ1n) is 10.1. The summed E-state index contributed by atoms with van der Waals surface area (Å²) in [6, 6.07) is 11.5. The second-order valence-corrected chi connectivity index (χ2v) is 7.17. The first kappa shape index (κ1) is 24.0. The number of amides is 2. The highest BCUT2D eigenvalue weighted by molar-refractivity contribution is 5.99. The second kappa shape index (κ2) is 12.4. The molecule has 8 nitrogen and oxygen atoms in total. The molecular weight excluding hydrogens is 400 g/mol. The van der Waals surface area contributed by atoms with Crippen LogP contribution in [0.4, 0.5) is 0 Å². The molecule has 31 heavy (non-hydrogen) atoms. The molecule has 0 aliphatic heterocycles. The minimum absolute atomic E-state index is 0.324. The van der Waals surface area contributed by atoms with Crippen molar-refractivity contribution in [2.75, 3.05) is 34.0 Å². The summed E-state index contributed by atoms with van der Waals surface area (Å²) in [7, 11) is 3.09. The van der Waals surface area contributed by atoms with Crippen molar-refractivity contribution in [2.24, 2.45) is 5.92 Å². The Morgan fingerprint density at radius 1 is 0.839 bits per heavy atom. The molecule has 2 amide bonds. The fraction of sp³-hybridized carbons (Fsp3) is 0.391. The molecule has 168 valence electrons. The van der Waals surface area contributed by atoms with E-state index in [4.69, 9.17) is 18.9 Å². The summed E-state index contributed by atoms with van der Waals surface area (Å²) in [5.74, 6) is 1.13. The number of methoxy groups -OCH3 is 2. The van der Waals surface area contributed by atoms with Crippen LogP contribution in [0, 0.1) is 5.92 Å². The largest absolute Gasteiger partial charge is 0.493 e. The van der Waals surface area contributed by atoms with Gasteiger partial charge in [-0.3, -0.25) is 20.4 Å². The van der Waals surface area contributed by atoms with E-state index in [1.54, 1.807) is 49.6 Å². The van der Waals surface area contributed by atoms with Crippen molar-refractivity contribution in [3.05, 3.63) is 53.6 Å². The topological polar surface area (TPSA) is 95.1 Å². The van der Waals surface area contributed by atoms with Gasteiger partial charge in [0.05, 0.1) is 20.3 Å². The van der Waals surface area contributed by atoms with Gasteiger partial charge in [0.15, 0.2) is 11.5 Å². The van der Waals surface area contributed by atoms with E-state index in [1.807, 2.05) is 0 Å². The number of hydrazine groups is 1. The molecule has 0 saturated heterocycles. The van der Waals surface area contributed by atoms with Crippen molar-refractivity contribution in [1.82, 2.24) is 10.9 Å². The van der Waals surface area contributed by atoms with Crippen molar-refractivity contribution < 1.29 is 28.5 Å². The fourth-order valence-electron chi connectivity index (χ4n) is 2.56. The molecule has 2 N–H and O–H groups in total. The third-order valence-corrected chi connectivity index (χ3v) is 4.32. The smallest absolute Gasteiger partial charge is 0.269 e. The molecule has 0 radical (unpaired) electrons. The van der Waals surface area contributed by atoms with Gasteiger partial charge in [-0.15, -0.1) is 0 Å². The highest BCUT2D eigenvalue weighted by atomic mass is 16.5. The van der Waals surface area contributed by atoms with Gasteiger partial charge in [0.2, 0.25) is 0 Å². The van der Waals surface area contributed by atoms with Gasteiger partial charge in [-0.05, 0) is 48.7 Å². The predicted molar refractivity (Wildman–Crippen MR) is 117 cm³/mol. The highest BCUT2D eigenvalue weighted by Gasteiger charge is 2.13. The summed E-state index contributed by atoms with van der Waals surface area (Å²) >= 11 is 0. The molecule has 0 saturated carbocycles. The molecule has 0 bridgehead atoms. The van der Waals surface area contributed by atoms with Crippen molar-refractivity contribution >= 4 is 11.8 Å². The average Bonchev–Trinajstić information content (AvgIpc) is 2.77. The molecule has 0 heterocycles. The maximum Gasteiger partial charge on any atom is 0.269 e. The molecule has 0 aliphatic rings. The molecule has 8 heteroatoms. The molecule has 2 aromatic carbocycles. The van der Waals surface area contributed by atoms with Gasteiger partial charge >= 0.3 is 0 Å². The Balaban J connectivity index is 1.94. The van der Waals surface area contributed by atoms with Crippen LogP contribution in [0.15, 0.2) is 42.5 Å². The third-order valence-electron chi connectivity index (χ3n) is 4.32. The molecular formula is C23H30N2O6. The van der Waals surface area contributed by atoms with Crippen LogP contribution in [0.25, 0.3) is 0 Å². The van der Waals surface area contributed by atoms with Gasteiger partial charge in [-0.2, -0.15) is 0 Å². The zero-order chi connectivity index (χ0) is 22.6. The molecule has 2 aromatic rings. The molecule has 0 unspecified atom stereocenters. The van der Waals surface area contributed by atoms with E-state index in [0.717, 1.165) is 6.42 Å². The van der Waals surface area contributed by atoms with Crippen molar-refractivity contribution in [3.8, 4) is 17.2 Å². The van der Waals surface area contributed by atoms with Crippen molar-refractivity contribution in [2.45, 2.75) is 20.3 Å². The quantitative estimate of drug-likeness (QED) is 0.420. The average molecular weight is 431 g/mol. The van der Waals surface area contributed by atoms with Gasteiger partial charge in [0.25, 0.3) is 11.8 Å². The zero-order valence-electron chi connectivity index (χ0n) is 18.4. The summed E-state index contributed by atoms with van der Waals surface area (Å²) < 4.78 is 21.5. The molecule has 0 aliphatic carbocycles. The normalized spacial score (nSPS) is 10.5. The first-order chi connectivity index (χ1) is 14.9. The van der Waals surface area contributed by atoms with Gasteiger partial charge in [-0.1, -0.05) is 19.9 Å². The number of benzene rings is 2. The summed E-state index contributed by atoms with van der Waals surface area (Å²) in [6.07, 6.45) is 0.913. The van der Waals surface area contributed by atoms with Gasteiger partial charge in [0.1, 0.15) is 12.4 Å². The number of nitrogens with one attached hydrogen (secondary N) is 2. The summed E-state index contributed by atoms with van der Waals surface area (Å²) in [5.41, 5.74) is 5.47. The number of rotatable bonds is 11. The SMILES string of the molecule is COCCOc1cccc(C(=O)NNC(=O)c2ccc(OCCC(C)C)c(OC)c2)c1. The Morgan fingerprint density at radius 3 is 2.19 bits per heavy atom. The number of ether oxygens (including phenoxy) is 4. The van der Waals surface area contributed by atoms with Crippen LogP contribution in [-0.4, -0.2) is 45.9 Å². The molecule has 2 rings (SSSR count). The monoisotopic (exact) mass is 430 g/mol. The lowest BCUT2D eigenvalue weighted by Gasteiger charge is -2.13. The number of carbonyl (C=O) groups excluding carboxylic acids is 2. The predicted octanol–water partition coefficient (Wildman–Crippen LogP) is 3.22. The molecule has 0 atom stereocenters. The van der Waals surface area contributed by atoms with Crippen LogP contribution < -0.4 is 25.1 Å².